The van der Waals surface area contributed by atoms with Gasteiger partial charge in [-0.2, -0.15) is 0 Å². The van der Waals surface area contributed by atoms with E-state index in [0.717, 1.165) is 54.2 Å². The minimum atomic E-state index is 0.0247. The SMILES string of the molecule is Cc1c(-c2cc3ccccc3n2Cc2ccncc2)nc2cc(C(=O)N3CCCC(N)C3)ccn12. The molecule has 2 N–H and O–H groups in total. The first-order valence-electron chi connectivity index (χ1n) is 12.1. The molecule has 4 aromatic heterocycles. The van der Waals surface area contributed by atoms with Gasteiger partial charge in [-0.1, -0.05) is 18.2 Å². The number of likely N-dealkylation sites (tertiary alicyclic amines) is 1. The molecule has 1 unspecified atom stereocenters. The standard InChI is InChI=1S/C28H28N6O/c1-19-27(25-15-21-5-2-3-7-24(21)34(25)17-20-8-11-30-12-9-20)31-26-16-22(10-14-33(19)26)28(35)32-13-4-6-23(29)18-32/h2-3,5,7-12,14-16,23H,4,6,13,17-18,29H2,1H3. The molecule has 0 radical (unpaired) electrons. The number of pyridine rings is 2. The van der Waals surface area contributed by atoms with E-state index in [1.807, 2.05) is 47.8 Å². The lowest BCUT2D eigenvalue weighted by Gasteiger charge is -2.30. The Kier molecular flexibility index (Phi) is 5.34. The number of hydrogen-bond donors (Lipinski definition) is 1. The number of carbonyl (C=O) groups excluding carboxylic acids is 1. The maximum atomic E-state index is 13.1. The number of para-hydroxylation sites is 1. The van der Waals surface area contributed by atoms with Crippen LogP contribution in [-0.2, 0) is 6.54 Å². The van der Waals surface area contributed by atoms with Gasteiger partial charge in [0.25, 0.3) is 5.91 Å². The highest BCUT2D eigenvalue weighted by atomic mass is 16.2. The Hall–Kier alpha value is -3.97. The number of rotatable bonds is 4. The molecular weight excluding hydrogens is 436 g/mol. The molecule has 1 aliphatic rings. The van der Waals surface area contributed by atoms with Gasteiger partial charge in [0, 0.05) is 66.4 Å². The van der Waals surface area contributed by atoms with Gasteiger partial charge in [0.2, 0.25) is 0 Å². The van der Waals surface area contributed by atoms with Crippen LogP contribution in [0.4, 0.5) is 0 Å². The van der Waals surface area contributed by atoms with Crippen molar-refractivity contribution in [2.75, 3.05) is 13.1 Å². The minimum Gasteiger partial charge on any atom is -0.337 e. The Morgan fingerprint density at radius 2 is 1.94 bits per heavy atom. The highest BCUT2D eigenvalue weighted by Crippen LogP contribution is 2.31. The van der Waals surface area contributed by atoms with Gasteiger partial charge in [-0.15, -0.1) is 0 Å². The third-order valence-corrected chi connectivity index (χ3v) is 7.00. The van der Waals surface area contributed by atoms with Crippen molar-refractivity contribution in [3.05, 3.63) is 90.0 Å². The van der Waals surface area contributed by atoms with Crippen LogP contribution in [-0.4, -0.2) is 48.9 Å². The first-order valence-corrected chi connectivity index (χ1v) is 12.1. The number of benzene rings is 1. The Labute approximate surface area is 203 Å². The molecular formula is C28H28N6O. The molecule has 1 aromatic carbocycles. The summed E-state index contributed by atoms with van der Waals surface area (Å²) in [5.41, 5.74) is 12.9. The van der Waals surface area contributed by atoms with Gasteiger partial charge >= 0.3 is 0 Å². The van der Waals surface area contributed by atoms with Crippen LogP contribution in [0.15, 0.2) is 73.2 Å². The second kappa shape index (κ2) is 8.67. The van der Waals surface area contributed by atoms with Crippen LogP contribution in [0.25, 0.3) is 27.9 Å². The van der Waals surface area contributed by atoms with Crippen molar-refractivity contribution >= 4 is 22.5 Å². The lowest BCUT2D eigenvalue weighted by Crippen LogP contribution is -2.45. The van der Waals surface area contributed by atoms with Crippen LogP contribution in [0.5, 0.6) is 0 Å². The summed E-state index contributed by atoms with van der Waals surface area (Å²) >= 11 is 0. The summed E-state index contributed by atoms with van der Waals surface area (Å²) < 4.78 is 4.36. The maximum Gasteiger partial charge on any atom is 0.254 e. The number of fused-ring (bicyclic) bond motifs is 2. The fraction of sp³-hybridized carbons (Fsp3) is 0.250. The predicted molar refractivity (Wildman–Crippen MR) is 137 cm³/mol. The number of piperidine rings is 1. The molecule has 5 aromatic rings. The number of nitrogens with zero attached hydrogens (tertiary/aromatic N) is 5. The van der Waals surface area contributed by atoms with Gasteiger partial charge < -0.3 is 19.6 Å². The summed E-state index contributed by atoms with van der Waals surface area (Å²) in [5, 5.41) is 1.17. The van der Waals surface area contributed by atoms with Crippen LogP contribution < -0.4 is 5.73 Å². The quantitative estimate of drug-likeness (QED) is 0.431. The predicted octanol–water partition coefficient (Wildman–Crippen LogP) is 4.27. The largest absolute Gasteiger partial charge is 0.337 e. The van der Waals surface area contributed by atoms with Gasteiger partial charge in [-0.3, -0.25) is 9.78 Å². The highest BCUT2D eigenvalue weighted by molar-refractivity contribution is 5.95. The molecule has 0 bridgehead atoms. The normalized spacial score (nSPS) is 16.3. The van der Waals surface area contributed by atoms with E-state index in [2.05, 4.69) is 51.2 Å². The zero-order valence-electron chi connectivity index (χ0n) is 19.8. The van der Waals surface area contributed by atoms with Crippen LogP contribution in [0, 0.1) is 6.92 Å². The highest BCUT2D eigenvalue weighted by Gasteiger charge is 2.23. The van der Waals surface area contributed by atoms with Crippen LogP contribution in [0.3, 0.4) is 0 Å². The summed E-state index contributed by atoms with van der Waals surface area (Å²) in [4.78, 5) is 24.2. The summed E-state index contributed by atoms with van der Waals surface area (Å²) in [7, 11) is 0. The second-order valence-corrected chi connectivity index (χ2v) is 9.37. The molecule has 0 aliphatic carbocycles. The van der Waals surface area contributed by atoms with Crippen molar-refractivity contribution in [2.24, 2.45) is 5.73 Å². The first kappa shape index (κ1) is 21.6. The van der Waals surface area contributed by atoms with E-state index in [1.165, 1.54) is 10.9 Å². The summed E-state index contributed by atoms with van der Waals surface area (Å²) in [5.74, 6) is 0.0247. The van der Waals surface area contributed by atoms with Gasteiger partial charge in [0.15, 0.2) is 0 Å². The Balaban J connectivity index is 1.43. The number of hydrogen-bond acceptors (Lipinski definition) is 4. The number of aryl methyl sites for hydroxylation is 1. The molecule has 7 heteroatoms. The average molecular weight is 465 g/mol. The van der Waals surface area contributed by atoms with Crippen LogP contribution in [0.1, 0.15) is 34.5 Å². The van der Waals surface area contributed by atoms with Crippen LogP contribution >= 0.6 is 0 Å². The zero-order chi connectivity index (χ0) is 23.9. The Morgan fingerprint density at radius 3 is 2.77 bits per heavy atom. The summed E-state index contributed by atoms with van der Waals surface area (Å²) in [6.07, 6.45) is 7.52. The van der Waals surface area contributed by atoms with E-state index in [4.69, 9.17) is 10.7 Å². The van der Waals surface area contributed by atoms with E-state index in [0.29, 0.717) is 12.1 Å². The number of aromatic nitrogens is 4. The van der Waals surface area contributed by atoms with Gasteiger partial charge in [-0.05, 0) is 61.7 Å². The molecule has 5 heterocycles. The fourth-order valence-corrected chi connectivity index (χ4v) is 5.17. The third-order valence-electron chi connectivity index (χ3n) is 7.00. The zero-order valence-corrected chi connectivity index (χ0v) is 19.8. The molecule has 0 spiro atoms. The van der Waals surface area contributed by atoms with E-state index in [-0.39, 0.29) is 11.9 Å². The lowest BCUT2D eigenvalue weighted by molar-refractivity contribution is 0.0709. The lowest BCUT2D eigenvalue weighted by atomic mass is 10.1. The van der Waals surface area contributed by atoms with E-state index in [9.17, 15) is 4.79 Å². The van der Waals surface area contributed by atoms with Crippen molar-refractivity contribution in [3.63, 3.8) is 0 Å². The van der Waals surface area contributed by atoms with Crippen molar-refractivity contribution in [2.45, 2.75) is 32.4 Å². The molecule has 6 rings (SSSR count). The first-order chi connectivity index (χ1) is 17.1. The van der Waals surface area contributed by atoms with Crippen LogP contribution in [0.2, 0.25) is 0 Å². The molecule has 1 saturated heterocycles. The number of nitrogens with two attached hydrogens (primary N) is 1. The molecule has 7 nitrogen and oxygen atoms in total. The molecule has 1 atom stereocenters. The molecule has 176 valence electrons. The molecule has 0 saturated carbocycles. The van der Waals surface area contributed by atoms with Crippen molar-refractivity contribution in [3.8, 4) is 11.4 Å². The summed E-state index contributed by atoms with van der Waals surface area (Å²) in [6, 6.07) is 18.5. The topological polar surface area (TPSA) is 81.5 Å². The second-order valence-electron chi connectivity index (χ2n) is 9.37. The fourth-order valence-electron chi connectivity index (χ4n) is 5.17. The van der Waals surface area contributed by atoms with E-state index >= 15 is 0 Å². The van der Waals surface area contributed by atoms with E-state index < -0.39 is 0 Å². The molecule has 1 fully saturated rings. The monoisotopic (exact) mass is 464 g/mol. The number of imidazole rings is 1. The van der Waals surface area contributed by atoms with Crippen molar-refractivity contribution in [1.29, 1.82) is 0 Å². The Morgan fingerprint density at radius 1 is 1.11 bits per heavy atom. The Bertz CT molecular complexity index is 1530. The molecule has 1 aliphatic heterocycles. The van der Waals surface area contributed by atoms with Crippen molar-refractivity contribution < 1.29 is 4.79 Å². The average Bonchev–Trinajstić information content (AvgIpc) is 3.41. The molecule has 35 heavy (non-hydrogen) atoms. The minimum absolute atomic E-state index is 0.0247. The smallest absolute Gasteiger partial charge is 0.254 e. The number of amides is 1. The summed E-state index contributed by atoms with van der Waals surface area (Å²) in [6.45, 7) is 4.16. The maximum absolute atomic E-state index is 13.1. The van der Waals surface area contributed by atoms with Gasteiger partial charge in [-0.25, -0.2) is 4.98 Å². The van der Waals surface area contributed by atoms with Gasteiger partial charge in [0.1, 0.15) is 11.3 Å². The number of carbonyl (C=O) groups is 1. The van der Waals surface area contributed by atoms with E-state index in [1.54, 1.807) is 0 Å². The third kappa shape index (κ3) is 3.88. The van der Waals surface area contributed by atoms with Gasteiger partial charge in [0.05, 0.1) is 5.69 Å². The molecule has 1 amide bonds. The van der Waals surface area contributed by atoms with Crippen molar-refractivity contribution in [1.82, 2.24) is 23.8 Å².